The average Bonchev–Trinajstić information content (AvgIpc) is 3.41. The van der Waals surface area contributed by atoms with Gasteiger partial charge in [0.15, 0.2) is 6.10 Å². The molecule has 0 aliphatic rings. The average molecular weight is 1050 g/mol. The van der Waals surface area contributed by atoms with Crippen LogP contribution in [0.15, 0.2) is 85.1 Å². The highest BCUT2D eigenvalue weighted by molar-refractivity contribution is 5.71. The quantitative estimate of drug-likeness (QED) is 0.0261. The standard InChI is InChI=1S/C69H120O6/c1-4-7-10-13-16-19-22-24-26-28-30-32-33-34-35-36-38-39-41-43-45-47-50-53-56-59-62-68(71)74-65-66(64-73-67(70)61-58-55-52-49-21-18-15-12-9-6-3)75-69(72)63-60-57-54-51-48-46-44-42-40-37-31-29-27-25-23-20-17-14-11-8-5-2/h8,11-12,15,17,20,25,27,31,37,42,44,48,51,66H,4-7,9-10,13-14,16,18-19,21-24,26,28-30,32-36,38-41,43,45-47,49-50,52-65H2,1-3H3/b11-8-,15-12-,20-17-,27-25-,37-31-,44-42-,51-48-. The van der Waals surface area contributed by atoms with Crippen LogP contribution in [0.3, 0.4) is 0 Å². The highest BCUT2D eigenvalue weighted by atomic mass is 16.6. The van der Waals surface area contributed by atoms with Crippen molar-refractivity contribution < 1.29 is 28.6 Å². The fourth-order valence-corrected chi connectivity index (χ4v) is 9.10. The number of allylic oxidation sites excluding steroid dienone is 14. The van der Waals surface area contributed by atoms with Crippen LogP contribution < -0.4 is 0 Å². The molecule has 0 saturated heterocycles. The van der Waals surface area contributed by atoms with E-state index in [1.54, 1.807) is 0 Å². The Morgan fingerprint density at radius 1 is 0.280 bits per heavy atom. The van der Waals surface area contributed by atoms with Crippen molar-refractivity contribution in [3.8, 4) is 0 Å². The van der Waals surface area contributed by atoms with E-state index < -0.39 is 6.10 Å². The SMILES string of the molecule is CC/C=C\C/C=C\C/C=C\C/C=C\C/C=C\C/C=C\CCCCC(=O)OC(COC(=O)CCCCCCC/C=C\CCC)COC(=O)CCCCCCCCCCCCCCCCCCCCCCCCCCCC. The van der Waals surface area contributed by atoms with Crippen LogP contribution in [0.4, 0.5) is 0 Å². The van der Waals surface area contributed by atoms with Gasteiger partial charge in [0.2, 0.25) is 0 Å². The van der Waals surface area contributed by atoms with Gasteiger partial charge in [-0.15, -0.1) is 0 Å². The lowest BCUT2D eigenvalue weighted by Crippen LogP contribution is -2.30. The highest BCUT2D eigenvalue weighted by Crippen LogP contribution is 2.17. The molecule has 0 N–H and O–H groups in total. The maximum Gasteiger partial charge on any atom is 0.306 e. The Morgan fingerprint density at radius 3 is 0.907 bits per heavy atom. The Morgan fingerprint density at radius 2 is 0.547 bits per heavy atom. The lowest BCUT2D eigenvalue weighted by Gasteiger charge is -2.18. The van der Waals surface area contributed by atoms with Crippen LogP contribution >= 0.6 is 0 Å². The van der Waals surface area contributed by atoms with Crippen molar-refractivity contribution in [3.63, 3.8) is 0 Å². The van der Waals surface area contributed by atoms with Gasteiger partial charge >= 0.3 is 17.9 Å². The molecule has 0 fully saturated rings. The first-order valence-corrected chi connectivity index (χ1v) is 32.1. The molecule has 0 aliphatic heterocycles. The minimum atomic E-state index is -0.802. The maximum atomic E-state index is 12.9. The third kappa shape index (κ3) is 61.3. The number of carbonyl (C=O) groups excluding carboxylic acids is 3. The van der Waals surface area contributed by atoms with Gasteiger partial charge in [-0.1, -0.05) is 292 Å². The van der Waals surface area contributed by atoms with E-state index in [1.165, 1.54) is 161 Å². The Kier molecular flexibility index (Phi) is 60.3. The summed E-state index contributed by atoms with van der Waals surface area (Å²) < 4.78 is 16.8. The second-order valence-corrected chi connectivity index (χ2v) is 21.3. The maximum absolute atomic E-state index is 12.9. The predicted octanol–water partition coefficient (Wildman–Crippen LogP) is 21.9. The van der Waals surface area contributed by atoms with Crippen LogP contribution in [0, 0.1) is 0 Å². The van der Waals surface area contributed by atoms with Gasteiger partial charge < -0.3 is 14.2 Å². The summed E-state index contributed by atoms with van der Waals surface area (Å²) in [6.45, 7) is 6.45. The molecule has 0 rings (SSSR count). The summed E-state index contributed by atoms with van der Waals surface area (Å²) >= 11 is 0. The Balaban J connectivity index is 4.27. The van der Waals surface area contributed by atoms with Gasteiger partial charge in [-0.3, -0.25) is 14.4 Å². The zero-order valence-electron chi connectivity index (χ0n) is 49.6. The molecule has 75 heavy (non-hydrogen) atoms. The summed E-state index contributed by atoms with van der Waals surface area (Å²) in [4.78, 5) is 38.2. The highest BCUT2D eigenvalue weighted by Gasteiger charge is 2.19. The van der Waals surface area contributed by atoms with Crippen molar-refractivity contribution >= 4 is 17.9 Å². The number of esters is 3. The van der Waals surface area contributed by atoms with Gasteiger partial charge in [0, 0.05) is 19.3 Å². The van der Waals surface area contributed by atoms with Crippen LogP contribution in [-0.4, -0.2) is 37.2 Å². The Labute approximate surface area is 465 Å². The summed E-state index contributed by atoms with van der Waals surface area (Å²) in [7, 11) is 0. The molecule has 0 saturated carbocycles. The summed E-state index contributed by atoms with van der Waals surface area (Å²) in [6, 6.07) is 0. The normalized spacial score (nSPS) is 12.6. The van der Waals surface area contributed by atoms with Crippen molar-refractivity contribution in [2.45, 2.75) is 322 Å². The number of rotatable bonds is 58. The zero-order chi connectivity index (χ0) is 54.3. The van der Waals surface area contributed by atoms with Gasteiger partial charge in [-0.25, -0.2) is 0 Å². The molecule has 6 heteroatoms. The largest absolute Gasteiger partial charge is 0.462 e. The molecule has 1 atom stereocenters. The van der Waals surface area contributed by atoms with E-state index >= 15 is 0 Å². The first kappa shape index (κ1) is 71.6. The fraction of sp³-hybridized carbons (Fsp3) is 0.754. The van der Waals surface area contributed by atoms with E-state index in [4.69, 9.17) is 14.2 Å². The molecule has 432 valence electrons. The van der Waals surface area contributed by atoms with Crippen LogP contribution in [-0.2, 0) is 28.6 Å². The molecule has 0 aromatic rings. The van der Waals surface area contributed by atoms with Crippen molar-refractivity contribution in [1.29, 1.82) is 0 Å². The van der Waals surface area contributed by atoms with E-state index in [0.29, 0.717) is 19.3 Å². The predicted molar refractivity (Wildman–Crippen MR) is 325 cm³/mol. The number of hydrogen-bond acceptors (Lipinski definition) is 6. The molecular formula is C69H120O6. The second-order valence-electron chi connectivity index (χ2n) is 21.3. The van der Waals surface area contributed by atoms with Gasteiger partial charge in [0.25, 0.3) is 0 Å². The summed E-state index contributed by atoms with van der Waals surface area (Å²) in [6.07, 6.45) is 83.3. The molecule has 0 spiro atoms. The molecule has 0 aromatic carbocycles. The van der Waals surface area contributed by atoms with E-state index in [9.17, 15) is 14.4 Å². The summed E-state index contributed by atoms with van der Waals surface area (Å²) in [5, 5.41) is 0. The van der Waals surface area contributed by atoms with Gasteiger partial charge in [0.1, 0.15) is 13.2 Å². The smallest absolute Gasteiger partial charge is 0.306 e. The van der Waals surface area contributed by atoms with Crippen molar-refractivity contribution in [2.24, 2.45) is 0 Å². The van der Waals surface area contributed by atoms with E-state index in [1.807, 2.05) is 0 Å². The third-order valence-electron chi connectivity index (χ3n) is 13.9. The Hall–Kier alpha value is -3.41. The Bertz CT molecular complexity index is 1430. The number of carbonyl (C=O) groups is 3. The molecule has 6 nitrogen and oxygen atoms in total. The molecule has 0 bridgehead atoms. The van der Waals surface area contributed by atoms with Crippen molar-refractivity contribution in [3.05, 3.63) is 85.1 Å². The topological polar surface area (TPSA) is 78.9 Å². The summed E-state index contributed by atoms with van der Waals surface area (Å²) in [5.74, 6) is -0.939. The molecular weight excluding hydrogens is 925 g/mol. The van der Waals surface area contributed by atoms with Gasteiger partial charge in [-0.2, -0.15) is 0 Å². The molecule has 1 unspecified atom stereocenters. The third-order valence-corrected chi connectivity index (χ3v) is 13.9. The van der Waals surface area contributed by atoms with Crippen LogP contribution in [0.2, 0.25) is 0 Å². The number of hydrogen-bond donors (Lipinski definition) is 0. The van der Waals surface area contributed by atoms with Gasteiger partial charge in [-0.05, 0) is 89.9 Å². The van der Waals surface area contributed by atoms with E-state index in [-0.39, 0.29) is 37.5 Å². The monoisotopic (exact) mass is 1040 g/mol. The number of ether oxygens (including phenoxy) is 3. The second kappa shape index (κ2) is 63.1. The van der Waals surface area contributed by atoms with Crippen LogP contribution in [0.25, 0.3) is 0 Å². The van der Waals surface area contributed by atoms with Gasteiger partial charge in [0.05, 0.1) is 0 Å². The minimum Gasteiger partial charge on any atom is -0.462 e. The lowest BCUT2D eigenvalue weighted by molar-refractivity contribution is -0.167. The first-order chi connectivity index (χ1) is 37.0. The van der Waals surface area contributed by atoms with E-state index in [2.05, 4.69) is 106 Å². The van der Waals surface area contributed by atoms with E-state index in [0.717, 1.165) is 109 Å². The zero-order valence-corrected chi connectivity index (χ0v) is 49.6. The molecule has 0 radical (unpaired) electrons. The summed E-state index contributed by atoms with van der Waals surface area (Å²) in [5.41, 5.74) is 0. The van der Waals surface area contributed by atoms with Crippen LogP contribution in [0.5, 0.6) is 0 Å². The molecule has 0 amide bonds. The fourth-order valence-electron chi connectivity index (χ4n) is 9.10. The minimum absolute atomic E-state index is 0.0947. The van der Waals surface area contributed by atoms with Crippen LogP contribution in [0.1, 0.15) is 316 Å². The van der Waals surface area contributed by atoms with Crippen molar-refractivity contribution in [1.82, 2.24) is 0 Å². The molecule has 0 aromatic heterocycles. The molecule has 0 aliphatic carbocycles. The lowest BCUT2D eigenvalue weighted by atomic mass is 10.0. The first-order valence-electron chi connectivity index (χ1n) is 32.1. The van der Waals surface area contributed by atoms with Crippen molar-refractivity contribution in [2.75, 3.05) is 13.2 Å². The molecule has 0 heterocycles. The number of unbranched alkanes of at least 4 members (excludes halogenated alkanes) is 33.